The molecule has 0 fully saturated rings. The van der Waals surface area contributed by atoms with E-state index < -0.39 is 0 Å². The maximum atomic E-state index is 6.15. The first-order valence-electron chi connectivity index (χ1n) is 5.63. The maximum Gasteiger partial charge on any atom is 0.0762 e. The quantitative estimate of drug-likeness (QED) is 0.764. The van der Waals surface area contributed by atoms with Gasteiger partial charge in [-0.25, -0.2) is 0 Å². The molecule has 1 atom stereocenters. The molecule has 0 saturated carbocycles. The smallest absolute Gasteiger partial charge is 0.0762 e. The van der Waals surface area contributed by atoms with Gasteiger partial charge in [0.05, 0.1) is 16.8 Å². The minimum absolute atomic E-state index is 0.172. The molecule has 0 aromatic carbocycles. The fraction of sp³-hybridized carbons (Fsp3) is 0.462. The average Bonchev–Trinajstić information content (AvgIpc) is 2.24. The SMILES string of the molecule is C=C(C)CC(NCCC)c1ncccc1Cl. The van der Waals surface area contributed by atoms with Crippen molar-refractivity contribution in [2.75, 3.05) is 6.54 Å². The monoisotopic (exact) mass is 238 g/mol. The second-order valence-corrected chi connectivity index (χ2v) is 4.45. The second-order valence-electron chi connectivity index (χ2n) is 4.04. The number of hydrogen-bond acceptors (Lipinski definition) is 2. The number of rotatable bonds is 6. The molecule has 0 spiro atoms. The Morgan fingerprint density at radius 1 is 1.62 bits per heavy atom. The molecule has 1 N–H and O–H groups in total. The van der Waals surface area contributed by atoms with Crippen molar-refractivity contribution in [1.82, 2.24) is 10.3 Å². The number of nitrogens with one attached hydrogen (secondary N) is 1. The van der Waals surface area contributed by atoms with Crippen LogP contribution in [0.5, 0.6) is 0 Å². The summed E-state index contributed by atoms with van der Waals surface area (Å²) in [5.74, 6) is 0. The summed E-state index contributed by atoms with van der Waals surface area (Å²) < 4.78 is 0. The first kappa shape index (κ1) is 13.2. The Balaban J connectivity index is 2.82. The van der Waals surface area contributed by atoms with Crippen molar-refractivity contribution < 1.29 is 0 Å². The van der Waals surface area contributed by atoms with E-state index in [-0.39, 0.29) is 6.04 Å². The first-order valence-corrected chi connectivity index (χ1v) is 6.01. The summed E-state index contributed by atoms with van der Waals surface area (Å²) in [5.41, 5.74) is 2.05. The van der Waals surface area contributed by atoms with E-state index in [1.807, 2.05) is 19.1 Å². The average molecular weight is 239 g/mol. The molecule has 0 aliphatic rings. The van der Waals surface area contributed by atoms with Gasteiger partial charge >= 0.3 is 0 Å². The van der Waals surface area contributed by atoms with Gasteiger partial charge in [-0.1, -0.05) is 24.1 Å². The van der Waals surface area contributed by atoms with E-state index in [0.717, 1.165) is 35.7 Å². The Bertz CT molecular complexity index is 350. The standard InChI is InChI=1S/C13H19ClN2/c1-4-7-15-12(9-10(2)3)13-11(14)6-5-8-16-13/h5-6,8,12,15H,2,4,7,9H2,1,3H3. The van der Waals surface area contributed by atoms with Crippen LogP contribution in [0.4, 0.5) is 0 Å². The minimum Gasteiger partial charge on any atom is -0.308 e. The largest absolute Gasteiger partial charge is 0.308 e. The van der Waals surface area contributed by atoms with E-state index in [1.165, 1.54) is 0 Å². The molecular formula is C13H19ClN2. The Hall–Kier alpha value is -0.860. The van der Waals surface area contributed by atoms with E-state index in [2.05, 4.69) is 23.8 Å². The molecule has 1 aromatic rings. The molecule has 3 heteroatoms. The van der Waals surface area contributed by atoms with Gasteiger partial charge in [-0.05, 0) is 38.4 Å². The van der Waals surface area contributed by atoms with Crippen molar-refractivity contribution in [2.45, 2.75) is 32.7 Å². The Labute approximate surface area is 103 Å². The topological polar surface area (TPSA) is 24.9 Å². The molecular weight excluding hydrogens is 220 g/mol. The van der Waals surface area contributed by atoms with Gasteiger partial charge in [0.1, 0.15) is 0 Å². The molecule has 1 heterocycles. The summed E-state index contributed by atoms with van der Waals surface area (Å²) in [4.78, 5) is 4.35. The van der Waals surface area contributed by atoms with Gasteiger partial charge < -0.3 is 5.32 Å². The lowest BCUT2D eigenvalue weighted by Crippen LogP contribution is -2.23. The van der Waals surface area contributed by atoms with E-state index >= 15 is 0 Å². The zero-order valence-corrected chi connectivity index (χ0v) is 10.7. The van der Waals surface area contributed by atoms with Crippen LogP contribution in [-0.2, 0) is 0 Å². The highest BCUT2D eigenvalue weighted by molar-refractivity contribution is 6.31. The highest BCUT2D eigenvalue weighted by Crippen LogP contribution is 2.24. The minimum atomic E-state index is 0.172. The van der Waals surface area contributed by atoms with E-state index in [4.69, 9.17) is 11.6 Å². The normalized spacial score (nSPS) is 12.4. The molecule has 0 radical (unpaired) electrons. The van der Waals surface area contributed by atoms with Crippen LogP contribution < -0.4 is 5.32 Å². The van der Waals surface area contributed by atoms with Crippen molar-refractivity contribution in [2.24, 2.45) is 0 Å². The Morgan fingerprint density at radius 3 is 2.94 bits per heavy atom. The predicted molar refractivity (Wildman–Crippen MR) is 69.7 cm³/mol. The second kappa shape index (κ2) is 6.66. The van der Waals surface area contributed by atoms with Crippen molar-refractivity contribution in [3.63, 3.8) is 0 Å². The van der Waals surface area contributed by atoms with Crippen molar-refractivity contribution in [3.05, 3.63) is 41.2 Å². The van der Waals surface area contributed by atoms with E-state index in [0.29, 0.717) is 0 Å². The van der Waals surface area contributed by atoms with Gasteiger partial charge in [-0.3, -0.25) is 4.98 Å². The number of halogens is 1. The molecule has 0 bridgehead atoms. The first-order chi connectivity index (χ1) is 7.65. The number of hydrogen-bond donors (Lipinski definition) is 1. The summed E-state index contributed by atoms with van der Waals surface area (Å²) in [7, 11) is 0. The van der Waals surface area contributed by atoms with Gasteiger partial charge in [-0.2, -0.15) is 0 Å². The molecule has 1 rings (SSSR count). The molecule has 16 heavy (non-hydrogen) atoms. The van der Waals surface area contributed by atoms with Crippen LogP contribution in [0.1, 0.15) is 38.4 Å². The fourth-order valence-corrected chi connectivity index (χ4v) is 1.84. The molecule has 88 valence electrons. The van der Waals surface area contributed by atoms with Gasteiger partial charge in [0.25, 0.3) is 0 Å². The lowest BCUT2D eigenvalue weighted by atomic mass is 10.0. The van der Waals surface area contributed by atoms with E-state index in [9.17, 15) is 0 Å². The summed E-state index contributed by atoms with van der Waals surface area (Å²) >= 11 is 6.15. The summed E-state index contributed by atoms with van der Waals surface area (Å²) in [5, 5.41) is 4.17. The fourth-order valence-electron chi connectivity index (χ4n) is 1.59. The maximum absolute atomic E-state index is 6.15. The number of nitrogens with zero attached hydrogens (tertiary/aromatic N) is 1. The molecule has 0 saturated heterocycles. The van der Waals surface area contributed by atoms with Crippen LogP contribution in [0.15, 0.2) is 30.5 Å². The molecule has 1 aromatic heterocycles. The summed E-state index contributed by atoms with van der Waals surface area (Å²) in [6.45, 7) is 9.08. The molecule has 0 aliphatic heterocycles. The zero-order valence-electron chi connectivity index (χ0n) is 9.96. The highest BCUT2D eigenvalue weighted by atomic mass is 35.5. The Morgan fingerprint density at radius 2 is 2.38 bits per heavy atom. The van der Waals surface area contributed by atoms with Gasteiger partial charge in [-0.15, -0.1) is 6.58 Å². The highest BCUT2D eigenvalue weighted by Gasteiger charge is 2.14. The van der Waals surface area contributed by atoms with Crippen LogP contribution in [0.2, 0.25) is 5.02 Å². The van der Waals surface area contributed by atoms with Crippen LogP contribution in [-0.4, -0.2) is 11.5 Å². The van der Waals surface area contributed by atoms with Crippen molar-refractivity contribution >= 4 is 11.6 Å². The van der Waals surface area contributed by atoms with Crippen LogP contribution in [0.25, 0.3) is 0 Å². The molecule has 1 unspecified atom stereocenters. The lowest BCUT2D eigenvalue weighted by molar-refractivity contribution is 0.517. The van der Waals surface area contributed by atoms with Crippen LogP contribution in [0.3, 0.4) is 0 Å². The predicted octanol–water partition coefficient (Wildman–Crippen LogP) is 3.74. The number of aromatic nitrogens is 1. The molecule has 0 aliphatic carbocycles. The molecule has 0 amide bonds. The van der Waals surface area contributed by atoms with Crippen LogP contribution in [0, 0.1) is 0 Å². The summed E-state index contributed by atoms with van der Waals surface area (Å²) in [6.07, 6.45) is 3.74. The van der Waals surface area contributed by atoms with Crippen molar-refractivity contribution in [3.8, 4) is 0 Å². The third kappa shape index (κ3) is 3.95. The Kier molecular flexibility index (Phi) is 5.50. The van der Waals surface area contributed by atoms with Crippen molar-refractivity contribution in [1.29, 1.82) is 0 Å². The summed E-state index contributed by atoms with van der Waals surface area (Å²) in [6, 6.07) is 3.90. The third-order valence-electron chi connectivity index (χ3n) is 2.31. The van der Waals surface area contributed by atoms with Crippen LogP contribution >= 0.6 is 11.6 Å². The third-order valence-corrected chi connectivity index (χ3v) is 2.63. The van der Waals surface area contributed by atoms with Gasteiger partial charge in [0.2, 0.25) is 0 Å². The zero-order chi connectivity index (χ0) is 12.0. The van der Waals surface area contributed by atoms with Gasteiger partial charge in [0.15, 0.2) is 0 Å². The van der Waals surface area contributed by atoms with E-state index in [1.54, 1.807) is 6.20 Å². The number of pyridine rings is 1. The lowest BCUT2D eigenvalue weighted by Gasteiger charge is -2.19. The van der Waals surface area contributed by atoms with Gasteiger partial charge in [0, 0.05) is 6.20 Å². The molecule has 2 nitrogen and oxygen atoms in total.